The zero-order chi connectivity index (χ0) is 22.8. The molecule has 0 aliphatic carbocycles. The van der Waals surface area contributed by atoms with Crippen molar-refractivity contribution in [3.05, 3.63) is 58.6 Å². The summed E-state index contributed by atoms with van der Waals surface area (Å²) >= 11 is 5.66. The van der Waals surface area contributed by atoms with Gasteiger partial charge in [0.25, 0.3) is 5.91 Å². The predicted octanol–water partition coefficient (Wildman–Crippen LogP) is 2.59. The van der Waals surface area contributed by atoms with Crippen LogP contribution in [-0.2, 0) is 14.8 Å². The number of aliphatic hydroxyl groups is 1. The number of hydrogen-bond donors (Lipinski definition) is 2. The maximum atomic E-state index is 14.4. The van der Waals surface area contributed by atoms with Crippen molar-refractivity contribution in [3.8, 4) is 0 Å². The summed E-state index contributed by atoms with van der Waals surface area (Å²) in [7, 11) is -4.55. The van der Waals surface area contributed by atoms with E-state index in [1.165, 1.54) is 6.07 Å². The van der Waals surface area contributed by atoms with E-state index in [-0.39, 0.29) is 36.0 Å². The van der Waals surface area contributed by atoms with Crippen LogP contribution in [0.25, 0.3) is 0 Å². The molecule has 0 bridgehead atoms. The summed E-state index contributed by atoms with van der Waals surface area (Å²) in [6, 6.07) is 6.10. The highest BCUT2D eigenvalue weighted by molar-refractivity contribution is 7.89. The number of amides is 1. The number of rotatable bonds is 4. The van der Waals surface area contributed by atoms with E-state index in [1.807, 2.05) is 0 Å². The van der Waals surface area contributed by atoms with Crippen LogP contribution in [0.1, 0.15) is 10.4 Å². The molecule has 2 N–H and O–H groups in total. The molecule has 168 valence electrons. The maximum Gasteiger partial charge on any atom is 0.255 e. The normalized spacial score (nSPS) is 20.7. The van der Waals surface area contributed by atoms with E-state index in [1.54, 1.807) is 0 Å². The number of aliphatic hydroxyl groups excluding tert-OH is 1. The van der Waals surface area contributed by atoms with Crippen molar-refractivity contribution in [1.82, 2.24) is 4.31 Å². The molecule has 1 fully saturated rings. The van der Waals surface area contributed by atoms with Crippen molar-refractivity contribution >= 4 is 33.2 Å². The maximum absolute atomic E-state index is 14.4. The second kappa shape index (κ2) is 9.53. The van der Waals surface area contributed by atoms with Gasteiger partial charge >= 0.3 is 0 Å². The first-order valence-corrected chi connectivity index (χ1v) is 10.9. The Bertz CT molecular complexity index is 1090. The SMILES string of the molecule is O=C(Nc1ccc(F)c(Cl)c1)c1ccc(F)c(S(=O)(=O)N2CCOCC(O)C(F)C2)c1. The fraction of sp³-hybridized carbons (Fsp3) is 0.316. The predicted molar refractivity (Wildman–Crippen MR) is 106 cm³/mol. The first kappa shape index (κ1) is 23.5. The minimum Gasteiger partial charge on any atom is -0.388 e. The highest BCUT2D eigenvalue weighted by Gasteiger charge is 2.34. The molecule has 2 atom stereocenters. The number of carbonyl (C=O) groups is 1. The lowest BCUT2D eigenvalue weighted by atomic mass is 10.2. The lowest BCUT2D eigenvalue weighted by Crippen LogP contribution is -2.45. The molecular formula is C19H18ClF3N2O5S. The van der Waals surface area contributed by atoms with Gasteiger partial charge in [0.15, 0.2) is 0 Å². The number of nitrogens with one attached hydrogen (secondary N) is 1. The van der Waals surface area contributed by atoms with Gasteiger partial charge in [-0.25, -0.2) is 21.6 Å². The number of hydrogen-bond acceptors (Lipinski definition) is 5. The van der Waals surface area contributed by atoms with Gasteiger partial charge in [-0.3, -0.25) is 4.79 Å². The van der Waals surface area contributed by atoms with Crippen molar-refractivity contribution in [2.24, 2.45) is 0 Å². The number of ether oxygens (including phenoxy) is 1. The standard InChI is InChI=1S/C19H18ClF3N2O5S/c20-13-8-12(2-4-14(13)21)24-19(27)11-1-3-15(22)18(7-11)31(28,29)25-5-6-30-10-17(26)16(23)9-25/h1-4,7-8,16-17,26H,5-6,9-10H2,(H,24,27). The average Bonchev–Trinajstić information content (AvgIpc) is 2.71. The second-order valence-electron chi connectivity index (χ2n) is 6.75. The Morgan fingerprint density at radius 3 is 2.61 bits per heavy atom. The van der Waals surface area contributed by atoms with Gasteiger partial charge in [0.05, 0.1) is 18.2 Å². The molecule has 2 aromatic carbocycles. The van der Waals surface area contributed by atoms with Crippen LogP contribution in [0, 0.1) is 11.6 Å². The Balaban J connectivity index is 1.88. The average molecular weight is 479 g/mol. The van der Waals surface area contributed by atoms with Crippen molar-refractivity contribution in [2.75, 3.05) is 31.6 Å². The molecule has 2 aromatic rings. The summed E-state index contributed by atoms with van der Waals surface area (Å²) in [6.45, 7) is -1.38. The smallest absolute Gasteiger partial charge is 0.255 e. The molecule has 1 aliphatic heterocycles. The fourth-order valence-electron chi connectivity index (χ4n) is 2.86. The molecule has 0 saturated carbocycles. The van der Waals surface area contributed by atoms with Gasteiger partial charge in [0.2, 0.25) is 10.0 Å². The van der Waals surface area contributed by atoms with E-state index in [2.05, 4.69) is 5.32 Å². The van der Waals surface area contributed by atoms with E-state index < -0.39 is 51.3 Å². The van der Waals surface area contributed by atoms with Gasteiger partial charge in [-0.05, 0) is 36.4 Å². The summed E-state index contributed by atoms with van der Waals surface area (Å²) in [4.78, 5) is 11.6. The third kappa shape index (κ3) is 5.36. The lowest BCUT2D eigenvalue weighted by molar-refractivity contribution is -0.0292. The minimum absolute atomic E-state index is 0.129. The van der Waals surface area contributed by atoms with E-state index in [9.17, 15) is 31.5 Å². The van der Waals surface area contributed by atoms with Gasteiger partial charge in [0, 0.05) is 24.3 Å². The number of sulfonamides is 1. The Hall–Kier alpha value is -2.18. The van der Waals surface area contributed by atoms with Gasteiger partial charge in [-0.1, -0.05) is 11.6 Å². The van der Waals surface area contributed by atoms with Crippen LogP contribution in [0.4, 0.5) is 18.9 Å². The first-order valence-electron chi connectivity index (χ1n) is 9.05. The molecule has 1 heterocycles. The number of carbonyl (C=O) groups excluding carboxylic acids is 1. The summed E-state index contributed by atoms with van der Waals surface area (Å²) < 4.78 is 73.3. The molecule has 1 saturated heterocycles. The first-order chi connectivity index (χ1) is 14.6. The highest BCUT2D eigenvalue weighted by atomic mass is 35.5. The number of halogens is 4. The van der Waals surface area contributed by atoms with Gasteiger partial charge in [-0.2, -0.15) is 4.31 Å². The van der Waals surface area contributed by atoms with Crippen LogP contribution in [0.5, 0.6) is 0 Å². The Kier molecular flexibility index (Phi) is 7.22. The molecule has 0 spiro atoms. The van der Waals surface area contributed by atoms with Gasteiger partial charge in [0.1, 0.15) is 28.8 Å². The third-order valence-corrected chi connectivity index (χ3v) is 6.73. The molecule has 12 heteroatoms. The zero-order valence-electron chi connectivity index (χ0n) is 15.9. The molecule has 0 radical (unpaired) electrons. The summed E-state index contributed by atoms with van der Waals surface area (Å²) in [5, 5.41) is 11.8. The van der Waals surface area contributed by atoms with E-state index in [0.29, 0.717) is 4.31 Å². The van der Waals surface area contributed by atoms with Crippen LogP contribution >= 0.6 is 11.6 Å². The summed E-state index contributed by atoms with van der Waals surface area (Å²) in [5.74, 6) is -2.63. The van der Waals surface area contributed by atoms with Crippen molar-refractivity contribution in [2.45, 2.75) is 17.2 Å². The van der Waals surface area contributed by atoms with Gasteiger partial charge < -0.3 is 15.2 Å². The quantitative estimate of drug-likeness (QED) is 0.704. The molecule has 1 amide bonds. The van der Waals surface area contributed by atoms with Crippen LogP contribution in [0.2, 0.25) is 5.02 Å². The van der Waals surface area contributed by atoms with Crippen molar-refractivity contribution in [3.63, 3.8) is 0 Å². The van der Waals surface area contributed by atoms with Crippen molar-refractivity contribution < 1.29 is 36.2 Å². The van der Waals surface area contributed by atoms with Crippen LogP contribution in [-0.4, -0.2) is 62.3 Å². The molecule has 3 rings (SSSR count). The number of nitrogens with zero attached hydrogens (tertiary/aromatic N) is 1. The van der Waals surface area contributed by atoms with E-state index >= 15 is 0 Å². The Morgan fingerprint density at radius 2 is 1.90 bits per heavy atom. The Labute approximate surface area is 181 Å². The lowest BCUT2D eigenvalue weighted by Gasteiger charge is -2.28. The molecule has 7 nitrogen and oxygen atoms in total. The monoisotopic (exact) mass is 478 g/mol. The Morgan fingerprint density at radius 1 is 1.19 bits per heavy atom. The van der Waals surface area contributed by atoms with Crippen LogP contribution in [0.15, 0.2) is 41.3 Å². The second-order valence-corrected chi connectivity index (χ2v) is 9.06. The largest absolute Gasteiger partial charge is 0.388 e. The summed E-state index contributed by atoms with van der Waals surface area (Å²) in [6.07, 6.45) is -3.46. The molecule has 0 aromatic heterocycles. The van der Waals surface area contributed by atoms with E-state index in [0.717, 1.165) is 30.3 Å². The van der Waals surface area contributed by atoms with Crippen molar-refractivity contribution in [1.29, 1.82) is 0 Å². The van der Waals surface area contributed by atoms with Gasteiger partial charge in [-0.15, -0.1) is 0 Å². The molecular weight excluding hydrogens is 461 g/mol. The number of alkyl halides is 1. The number of benzene rings is 2. The van der Waals surface area contributed by atoms with E-state index in [4.69, 9.17) is 16.3 Å². The van der Waals surface area contributed by atoms with Crippen LogP contribution in [0.3, 0.4) is 0 Å². The highest BCUT2D eigenvalue weighted by Crippen LogP contribution is 2.24. The number of anilines is 1. The molecule has 2 unspecified atom stereocenters. The molecule has 31 heavy (non-hydrogen) atoms. The topological polar surface area (TPSA) is 95.9 Å². The fourth-order valence-corrected chi connectivity index (χ4v) is 4.56. The van der Waals surface area contributed by atoms with Crippen LogP contribution < -0.4 is 5.32 Å². The summed E-state index contributed by atoms with van der Waals surface area (Å²) in [5.41, 5.74) is -0.0687. The third-order valence-electron chi connectivity index (χ3n) is 4.56. The molecule has 1 aliphatic rings. The zero-order valence-corrected chi connectivity index (χ0v) is 17.5. The minimum atomic E-state index is -4.55.